The van der Waals surface area contributed by atoms with E-state index >= 15 is 0 Å². The molecule has 1 fully saturated rings. The average molecular weight is 329 g/mol. The molecule has 118 valence electrons. The van der Waals surface area contributed by atoms with Crippen LogP contribution in [-0.4, -0.2) is 29.1 Å². The van der Waals surface area contributed by atoms with Gasteiger partial charge in [0.2, 0.25) is 0 Å². The molecule has 0 spiro atoms. The van der Waals surface area contributed by atoms with Gasteiger partial charge in [0, 0.05) is 46.3 Å². The van der Waals surface area contributed by atoms with Gasteiger partial charge in [0.25, 0.3) is 0 Å². The Morgan fingerprint density at radius 3 is 2.24 bits per heavy atom. The van der Waals surface area contributed by atoms with Crippen molar-refractivity contribution >= 4 is 23.2 Å². The topological polar surface area (TPSA) is 15.3 Å². The van der Waals surface area contributed by atoms with Crippen molar-refractivity contribution in [3.05, 3.63) is 33.8 Å². The van der Waals surface area contributed by atoms with Crippen molar-refractivity contribution in [1.29, 1.82) is 0 Å². The first kappa shape index (κ1) is 17.1. The lowest BCUT2D eigenvalue weighted by Gasteiger charge is -2.52. The standard InChI is InChI=1S/C17H26Cl2N2/c1-5-17(6-2)12-21(16(3,4)11-20-17)10-13-14(18)8-7-9-15(13)19/h7-9,20H,5-6,10-12H2,1-4H3. The van der Waals surface area contributed by atoms with E-state index < -0.39 is 0 Å². The summed E-state index contributed by atoms with van der Waals surface area (Å²) in [7, 11) is 0. The van der Waals surface area contributed by atoms with E-state index in [1.54, 1.807) is 0 Å². The molecule has 1 aromatic carbocycles. The molecule has 2 nitrogen and oxygen atoms in total. The lowest BCUT2D eigenvalue weighted by atomic mass is 9.84. The first-order valence-corrected chi connectivity index (χ1v) is 8.52. The average Bonchev–Trinajstić information content (AvgIpc) is 2.45. The molecule has 0 atom stereocenters. The van der Waals surface area contributed by atoms with Crippen LogP contribution in [-0.2, 0) is 6.54 Å². The molecule has 4 heteroatoms. The van der Waals surface area contributed by atoms with Crippen LogP contribution in [0.1, 0.15) is 46.1 Å². The van der Waals surface area contributed by atoms with Crippen molar-refractivity contribution in [3.63, 3.8) is 0 Å². The molecule has 0 radical (unpaired) electrons. The second-order valence-corrected chi connectivity index (χ2v) is 7.52. The zero-order valence-corrected chi connectivity index (χ0v) is 15.0. The number of rotatable bonds is 4. The zero-order valence-electron chi connectivity index (χ0n) is 13.5. The fraction of sp³-hybridized carbons (Fsp3) is 0.647. The van der Waals surface area contributed by atoms with Crippen LogP contribution in [0.4, 0.5) is 0 Å². The molecule has 0 saturated carbocycles. The quantitative estimate of drug-likeness (QED) is 0.859. The van der Waals surface area contributed by atoms with Gasteiger partial charge in [-0.1, -0.05) is 43.1 Å². The maximum Gasteiger partial charge on any atom is 0.0465 e. The molecule has 0 bridgehead atoms. The van der Waals surface area contributed by atoms with Crippen molar-refractivity contribution in [2.24, 2.45) is 0 Å². The minimum absolute atomic E-state index is 0.0936. The van der Waals surface area contributed by atoms with E-state index in [1.165, 1.54) is 0 Å². The molecule has 1 aliphatic heterocycles. The van der Waals surface area contributed by atoms with Gasteiger partial charge in [-0.2, -0.15) is 0 Å². The molecule has 0 amide bonds. The molecule has 0 aromatic heterocycles. The Kier molecular flexibility index (Phi) is 5.25. The van der Waals surface area contributed by atoms with Crippen LogP contribution >= 0.6 is 23.2 Å². The first-order valence-electron chi connectivity index (χ1n) is 7.76. The number of benzene rings is 1. The van der Waals surface area contributed by atoms with E-state index in [4.69, 9.17) is 23.2 Å². The molecule has 0 unspecified atom stereocenters. The minimum atomic E-state index is 0.0936. The SMILES string of the molecule is CCC1(CC)CN(Cc2c(Cl)cccc2Cl)C(C)(C)CN1. The van der Waals surface area contributed by atoms with Crippen molar-refractivity contribution < 1.29 is 0 Å². The van der Waals surface area contributed by atoms with E-state index in [1.807, 2.05) is 18.2 Å². The van der Waals surface area contributed by atoms with Gasteiger partial charge in [-0.3, -0.25) is 4.90 Å². The van der Waals surface area contributed by atoms with Gasteiger partial charge in [-0.15, -0.1) is 0 Å². The summed E-state index contributed by atoms with van der Waals surface area (Å²) in [6.07, 6.45) is 2.26. The van der Waals surface area contributed by atoms with Crippen molar-refractivity contribution in [2.75, 3.05) is 13.1 Å². The summed E-state index contributed by atoms with van der Waals surface area (Å²) in [5, 5.41) is 5.28. The van der Waals surface area contributed by atoms with Crippen LogP contribution in [0, 0.1) is 0 Å². The smallest absolute Gasteiger partial charge is 0.0465 e. The molecular formula is C17H26Cl2N2. The highest BCUT2D eigenvalue weighted by Gasteiger charge is 2.40. The van der Waals surface area contributed by atoms with Crippen LogP contribution < -0.4 is 5.32 Å². The number of halogens is 2. The van der Waals surface area contributed by atoms with Crippen molar-refractivity contribution in [3.8, 4) is 0 Å². The third-order valence-corrected chi connectivity index (χ3v) is 5.72. The van der Waals surface area contributed by atoms with Crippen LogP contribution in [0.25, 0.3) is 0 Å². The van der Waals surface area contributed by atoms with Gasteiger partial charge in [0.1, 0.15) is 0 Å². The number of nitrogens with zero attached hydrogens (tertiary/aromatic N) is 1. The Hall–Kier alpha value is -0.280. The fourth-order valence-corrected chi connectivity index (χ4v) is 3.54. The monoisotopic (exact) mass is 328 g/mol. The predicted octanol–water partition coefficient (Wildman–Crippen LogP) is 4.74. The summed E-state index contributed by atoms with van der Waals surface area (Å²) in [4.78, 5) is 2.52. The molecule has 2 rings (SSSR count). The largest absolute Gasteiger partial charge is 0.308 e. The van der Waals surface area contributed by atoms with Crippen LogP contribution in [0.5, 0.6) is 0 Å². The third kappa shape index (κ3) is 3.56. The van der Waals surface area contributed by atoms with E-state index in [9.17, 15) is 0 Å². The third-order valence-electron chi connectivity index (χ3n) is 5.01. The van der Waals surface area contributed by atoms with Gasteiger partial charge < -0.3 is 5.32 Å². The molecule has 1 aliphatic rings. The summed E-state index contributed by atoms with van der Waals surface area (Å²) in [5.41, 5.74) is 1.33. The number of nitrogens with one attached hydrogen (secondary N) is 1. The first-order chi connectivity index (χ1) is 9.83. The maximum atomic E-state index is 6.35. The Morgan fingerprint density at radius 2 is 1.71 bits per heavy atom. The summed E-state index contributed by atoms with van der Waals surface area (Å²) in [6.45, 7) is 11.9. The highest BCUT2D eigenvalue weighted by atomic mass is 35.5. The number of piperazine rings is 1. The molecule has 1 heterocycles. The highest BCUT2D eigenvalue weighted by Crippen LogP contribution is 2.33. The van der Waals surface area contributed by atoms with E-state index in [2.05, 4.69) is 37.9 Å². The Bertz CT molecular complexity index is 475. The predicted molar refractivity (Wildman–Crippen MR) is 92.3 cm³/mol. The Balaban J connectivity index is 2.27. The minimum Gasteiger partial charge on any atom is -0.308 e. The van der Waals surface area contributed by atoms with Gasteiger partial charge in [-0.25, -0.2) is 0 Å². The molecule has 1 saturated heterocycles. The number of hydrogen-bond acceptors (Lipinski definition) is 2. The fourth-order valence-electron chi connectivity index (χ4n) is 3.02. The maximum absolute atomic E-state index is 6.35. The van der Waals surface area contributed by atoms with Crippen molar-refractivity contribution in [1.82, 2.24) is 10.2 Å². The summed E-state index contributed by atoms with van der Waals surface area (Å²) < 4.78 is 0. The summed E-state index contributed by atoms with van der Waals surface area (Å²) in [5.74, 6) is 0. The van der Waals surface area contributed by atoms with Gasteiger partial charge >= 0.3 is 0 Å². The summed E-state index contributed by atoms with van der Waals surface area (Å²) in [6, 6.07) is 5.75. The van der Waals surface area contributed by atoms with E-state index in [0.717, 1.165) is 48.1 Å². The second-order valence-electron chi connectivity index (χ2n) is 6.71. The second kappa shape index (κ2) is 6.45. The van der Waals surface area contributed by atoms with Crippen LogP contribution in [0.3, 0.4) is 0 Å². The van der Waals surface area contributed by atoms with Gasteiger partial charge in [0.15, 0.2) is 0 Å². The lowest BCUT2D eigenvalue weighted by Crippen LogP contribution is -2.67. The van der Waals surface area contributed by atoms with Crippen molar-refractivity contribution in [2.45, 2.75) is 58.2 Å². The van der Waals surface area contributed by atoms with Crippen LogP contribution in [0.2, 0.25) is 10.0 Å². The number of hydrogen-bond donors (Lipinski definition) is 1. The van der Waals surface area contributed by atoms with Crippen LogP contribution in [0.15, 0.2) is 18.2 Å². The van der Waals surface area contributed by atoms with E-state index in [-0.39, 0.29) is 11.1 Å². The molecule has 1 N–H and O–H groups in total. The normalized spacial score (nSPS) is 21.4. The molecule has 0 aliphatic carbocycles. The molecule has 21 heavy (non-hydrogen) atoms. The lowest BCUT2D eigenvalue weighted by molar-refractivity contribution is 0.0162. The Labute approximate surface area is 138 Å². The van der Waals surface area contributed by atoms with Gasteiger partial charge in [-0.05, 0) is 38.8 Å². The van der Waals surface area contributed by atoms with Gasteiger partial charge in [0.05, 0.1) is 0 Å². The highest BCUT2D eigenvalue weighted by molar-refractivity contribution is 6.35. The Morgan fingerprint density at radius 1 is 1.14 bits per heavy atom. The van der Waals surface area contributed by atoms with E-state index in [0.29, 0.717) is 0 Å². The molecule has 1 aromatic rings. The molecular weight excluding hydrogens is 303 g/mol. The summed E-state index contributed by atoms with van der Waals surface area (Å²) >= 11 is 12.7. The zero-order chi connectivity index (χ0) is 15.7.